The molecule has 0 aliphatic carbocycles. The molecule has 18 heavy (non-hydrogen) atoms. The first-order valence-electron chi connectivity index (χ1n) is 5.67. The van der Waals surface area contributed by atoms with Crippen LogP contribution >= 0.6 is 22.6 Å². The molecular weight excluding hydrogens is 339 g/mol. The summed E-state index contributed by atoms with van der Waals surface area (Å²) in [5.74, 6) is 0.789. The molecule has 2 aromatic rings. The molecule has 0 unspecified atom stereocenters. The second-order valence-electron chi connectivity index (χ2n) is 4.31. The highest BCUT2D eigenvalue weighted by atomic mass is 127. The maximum atomic E-state index is 10.7. The second kappa shape index (κ2) is 5.28. The van der Waals surface area contributed by atoms with E-state index in [1.807, 2.05) is 48.5 Å². The van der Waals surface area contributed by atoms with Gasteiger partial charge in [-0.25, -0.2) is 0 Å². The van der Waals surface area contributed by atoms with Crippen molar-refractivity contribution in [3.05, 3.63) is 63.2 Å². The third-order valence-corrected chi connectivity index (χ3v) is 3.78. The van der Waals surface area contributed by atoms with Gasteiger partial charge in [0.2, 0.25) is 0 Å². The molecule has 0 bridgehead atoms. The van der Waals surface area contributed by atoms with Crippen LogP contribution in [0, 0.1) is 3.57 Å². The van der Waals surface area contributed by atoms with Gasteiger partial charge in [0.25, 0.3) is 0 Å². The van der Waals surface area contributed by atoms with Crippen LogP contribution in [0.4, 0.5) is 0 Å². The lowest BCUT2D eigenvalue weighted by Crippen LogP contribution is -2.22. The van der Waals surface area contributed by atoms with Crippen LogP contribution in [0.5, 0.6) is 5.75 Å². The van der Waals surface area contributed by atoms with Crippen LogP contribution in [0.3, 0.4) is 0 Å². The van der Waals surface area contributed by atoms with Gasteiger partial charge < -0.3 is 9.84 Å². The molecule has 2 rings (SSSR count). The Labute approximate surface area is 121 Å². The van der Waals surface area contributed by atoms with Crippen molar-refractivity contribution in [2.75, 3.05) is 7.11 Å². The first kappa shape index (κ1) is 13.4. The number of halogens is 1. The Morgan fingerprint density at radius 2 is 1.39 bits per heavy atom. The molecule has 0 aromatic heterocycles. The third-order valence-electron chi connectivity index (χ3n) is 3.06. The van der Waals surface area contributed by atoms with Crippen LogP contribution in [0.25, 0.3) is 0 Å². The number of hydrogen-bond donors (Lipinski definition) is 1. The zero-order valence-electron chi connectivity index (χ0n) is 10.4. The van der Waals surface area contributed by atoms with E-state index < -0.39 is 5.60 Å². The standard InChI is InChI=1S/C15H15IO2/c1-15(17,11-3-7-13(16)8-4-11)12-5-9-14(18-2)10-6-12/h3-10,17H,1-2H3/t15-/m1/s1. The van der Waals surface area contributed by atoms with Crippen LogP contribution in [-0.4, -0.2) is 12.2 Å². The summed E-state index contributed by atoms with van der Waals surface area (Å²) in [4.78, 5) is 0. The number of aliphatic hydroxyl groups is 1. The Balaban J connectivity index is 2.37. The number of ether oxygens (including phenoxy) is 1. The van der Waals surface area contributed by atoms with Gasteiger partial charge in [0.05, 0.1) is 7.11 Å². The fraction of sp³-hybridized carbons (Fsp3) is 0.200. The number of rotatable bonds is 3. The van der Waals surface area contributed by atoms with E-state index in [1.54, 1.807) is 14.0 Å². The molecular formula is C15H15IO2. The van der Waals surface area contributed by atoms with E-state index in [0.717, 1.165) is 20.4 Å². The summed E-state index contributed by atoms with van der Waals surface area (Å²) in [5, 5.41) is 10.7. The van der Waals surface area contributed by atoms with Gasteiger partial charge in [-0.1, -0.05) is 24.3 Å². The highest BCUT2D eigenvalue weighted by Crippen LogP contribution is 2.30. The zero-order chi connectivity index (χ0) is 13.2. The van der Waals surface area contributed by atoms with E-state index in [9.17, 15) is 5.11 Å². The first-order chi connectivity index (χ1) is 8.54. The Kier molecular flexibility index (Phi) is 3.92. The van der Waals surface area contributed by atoms with Gasteiger partial charge in [0.1, 0.15) is 11.4 Å². The minimum Gasteiger partial charge on any atom is -0.497 e. The molecule has 0 aliphatic heterocycles. The van der Waals surface area contributed by atoms with E-state index >= 15 is 0 Å². The van der Waals surface area contributed by atoms with Crippen LogP contribution in [0.1, 0.15) is 18.1 Å². The SMILES string of the molecule is COc1ccc([C@](C)(O)c2ccc(I)cc2)cc1. The summed E-state index contributed by atoms with van der Waals surface area (Å²) >= 11 is 2.25. The van der Waals surface area contributed by atoms with Crippen molar-refractivity contribution in [1.82, 2.24) is 0 Å². The molecule has 0 fully saturated rings. The molecule has 0 aliphatic rings. The van der Waals surface area contributed by atoms with E-state index in [-0.39, 0.29) is 0 Å². The van der Waals surface area contributed by atoms with Crippen molar-refractivity contribution in [2.45, 2.75) is 12.5 Å². The molecule has 0 radical (unpaired) electrons. The highest BCUT2D eigenvalue weighted by molar-refractivity contribution is 14.1. The predicted molar refractivity (Wildman–Crippen MR) is 80.8 cm³/mol. The molecule has 94 valence electrons. The number of benzene rings is 2. The fourth-order valence-corrected chi connectivity index (χ4v) is 2.22. The Bertz CT molecular complexity index is 515. The lowest BCUT2D eigenvalue weighted by atomic mass is 9.88. The molecule has 2 aromatic carbocycles. The summed E-state index contributed by atoms with van der Waals surface area (Å²) in [6, 6.07) is 15.4. The van der Waals surface area contributed by atoms with Gasteiger partial charge in [-0.2, -0.15) is 0 Å². The Hall–Kier alpha value is -1.07. The van der Waals surface area contributed by atoms with Crippen molar-refractivity contribution in [3.63, 3.8) is 0 Å². The van der Waals surface area contributed by atoms with Crippen molar-refractivity contribution in [2.24, 2.45) is 0 Å². The largest absolute Gasteiger partial charge is 0.497 e. The average Bonchev–Trinajstić information content (AvgIpc) is 2.39. The minimum absolute atomic E-state index is 0.789. The Morgan fingerprint density at radius 3 is 1.83 bits per heavy atom. The molecule has 0 saturated carbocycles. The first-order valence-corrected chi connectivity index (χ1v) is 6.75. The van der Waals surface area contributed by atoms with Gasteiger partial charge in [-0.15, -0.1) is 0 Å². The lowest BCUT2D eigenvalue weighted by Gasteiger charge is -2.24. The van der Waals surface area contributed by atoms with Crippen LogP contribution in [-0.2, 0) is 5.60 Å². The van der Waals surface area contributed by atoms with Crippen molar-refractivity contribution in [3.8, 4) is 5.75 Å². The number of methoxy groups -OCH3 is 1. The summed E-state index contributed by atoms with van der Waals surface area (Å²) in [6.07, 6.45) is 0. The van der Waals surface area contributed by atoms with E-state index in [0.29, 0.717) is 0 Å². The topological polar surface area (TPSA) is 29.5 Å². The third kappa shape index (κ3) is 2.67. The molecule has 0 spiro atoms. The summed E-state index contributed by atoms with van der Waals surface area (Å²) in [7, 11) is 1.63. The summed E-state index contributed by atoms with van der Waals surface area (Å²) in [6.45, 7) is 1.80. The van der Waals surface area contributed by atoms with E-state index in [2.05, 4.69) is 22.6 Å². The van der Waals surface area contributed by atoms with E-state index in [1.165, 1.54) is 0 Å². The predicted octanol–water partition coefficient (Wildman–Crippen LogP) is 3.56. The summed E-state index contributed by atoms with van der Waals surface area (Å²) in [5.41, 5.74) is 0.744. The van der Waals surface area contributed by atoms with Crippen molar-refractivity contribution >= 4 is 22.6 Å². The van der Waals surface area contributed by atoms with Gasteiger partial charge in [0, 0.05) is 3.57 Å². The molecule has 0 amide bonds. The van der Waals surface area contributed by atoms with Crippen LogP contribution in [0.15, 0.2) is 48.5 Å². The van der Waals surface area contributed by atoms with Crippen molar-refractivity contribution < 1.29 is 9.84 Å². The lowest BCUT2D eigenvalue weighted by molar-refractivity contribution is 0.102. The Morgan fingerprint density at radius 1 is 0.944 bits per heavy atom. The molecule has 1 atom stereocenters. The monoisotopic (exact) mass is 354 g/mol. The molecule has 0 heterocycles. The molecule has 3 heteroatoms. The molecule has 0 saturated heterocycles. The van der Waals surface area contributed by atoms with Crippen molar-refractivity contribution in [1.29, 1.82) is 0 Å². The second-order valence-corrected chi connectivity index (χ2v) is 5.55. The fourth-order valence-electron chi connectivity index (χ4n) is 1.86. The van der Waals surface area contributed by atoms with Gasteiger partial charge in [-0.05, 0) is 64.9 Å². The van der Waals surface area contributed by atoms with Crippen LogP contribution in [0.2, 0.25) is 0 Å². The number of hydrogen-bond acceptors (Lipinski definition) is 2. The minimum atomic E-state index is -0.989. The summed E-state index contributed by atoms with van der Waals surface area (Å²) < 4.78 is 6.28. The maximum absolute atomic E-state index is 10.7. The normalized spacial score (nSPS) is 14.0. The highest BCUT2D eigenvalue weighted by Gasteiger charge is 2.25. The smallest absolute Gasteiger partial charge is 0.118 e. The van der Waals surface area contributed by atoms with E-state index in [4.69, 9.17) is 4.74 Å². The van der Waals surface area contributed by atoms with Gasteiger partial charge in [-0.3, -0.25) is 0 Å². The zero-order valence-corrected chi connectivity index (χ0v) is 12.5. The quantitative estimate of drug-likeness (QED) is 0.855. The van der Waals surface area contributed by atoms with Gasteiger partial charge in [0.15, 0.2) is 0 Å². The molecule has 2 nitrogen and oxygen atoms in total. The van der Waals surface area contributed by atoms with Gasteiger partial charge >= 0.3 is 0 Å². The molecule has 1 N–H and O–H groups in total. The van der Waals surface area contributed by atoms with Crippen LogP contribution < -0.4 is 4.74 Å². The average molecular weight is 354 g/mol. The maximum Gasteiger partial charge on any atom is 0.118 e.